The number of carbonyl (C=O) groups is 2. The van der Waals surface area contributed by atoms with Gasteiger partial charge in [0.1, 0.15) is 0 Å². The van der Waals surface area contributed by atoms with Crippen molar-refractivity contribution in [1.29, 1.82) is 0 Å². The molecule has 2 aliphatic rings. The molecule has 98 valence electrons. The average Bonchev–Trinajstić information content (AvgIpc) is 2.61. The maximum Gasteiger partial charge on any atom is 0.174 e. The summed E-state index contributed by atoms with van der Waals surface area (Å²) >= 11 is 0. The van der Waals surface area contributed by atoms with Gasteiger partial charge in [0.15, 0.2) is 11.6 Å². The second-order valence-electron chi connectivity index (χ2n) is 5.54. The van der Waals surface area contributed by atoms with E-state index in [0.29, 0.717) is 5.56 Å². The highest BCUT2D eigenvalue weighted by atomic mass is 16.2. The van der Waals surface area contributed by atoms with E-state index in [1.807, 2.05) is 30.3 Å². The largest absolute Gasteiger partial charge is 0.294 e. The minimum Gasteiger partial charge on any atom is -0.294 e. The number of benzene rings is 1. The average molecular weight is 254 g/mol. The van der Waals surface area contributed by atoms with Crippen LogP contribution in [0.5, 0.6) is 0 Å². The van der Waals surface area contributed by atoms with E-state index >= 15 is 0 Å². The first-order chi connectivity index (χ1) is 9.27. The number of hydrogen-bond donors (Lipinski definition) is 0. The molecule has 0 heterocycles. The molecule has 0 amide bonds. The Kier molecular flexibility index (Phi) is 3.33. The van der Waals surface area contributed by atoms with E-state index < -0.39 is 5.92 Å². The molecular formula is C17H18O2. The predicted molar refractivity (Wildman–Crippen MR) is 73.9 cm³/mol. The van der Waals surface area contributed by atoms with Gasteiger partial charge in [-0.3, -0.25) is 9.59 Å². The number of Topliss-reactive ketones (excluding diaryl/α,β-unsaturated/α-hetero) is 1. The molecule has 0 N–H and O–H groups in total. The lowest BCUT2D eigenvalue weighted by molar-refractivity contribution is -0.116. The van der Waals surface area contributed by atoms with Gasteiger partial charge < -0.3 is 0 Å². The fourth-order valence-electron chi connectivity index (χ4n) is 3.37. The molecule has 0 spiro atoms. The first-order valence-electron chi connectivity index (χ1n) is 7.11. The molecule has 3 rings (SSSR count). The minimum atomic E-state index is -0.449. The lowest BCUT2D eigenvalue weighted by atomic mass is 9.82. The van der Waals surface area contributed by atoms with Crippen LogP contribution in [0.2, 0.25) is 0 Å². The number of rotatable bonds is 2. The third-order valence-corrected chi connectivity index (χ3v) is 4.33. The fourth-order valence-corrected chi connectivity index (χ4v) is 3.37. The first kappa shape index (κ1) is 12.3. The summed E-state index contributed by atoms with van der Waals surface area (Å²) in [7, 11) is 0. The molecule has 1 fully saturated rings. The lowest BCUT2D eigenvalue weighted by Gasteiger charge is -2.19. The van der Waals surface area contributed by atoms with Crippen molar-refractivity contribution in [2.45, 2.75) is 32.1 Å². The Bertz CT molecular complexity index is 527. The van der Waals surface area contributed by atoms with E-state index in [0.717, 1.165) is 25.7 Å². The van der Waals surface area contributed by atoms with Crippen molar-refractivity contribution in [3.8, 4) is 0 Å². The Hall–Kier alpha value is -1.70. The summed E-state index contributed by atoms with van der Waals surface area (Å²) in [5.41, 5.74) is 1.89. The Morgan fingerprint density at radius 1 is 1.05 bits per heavy atom. The molecule has 0 unspecified atom stereocenters. The summed E-state index contributed by atoms with van der Waals surface area (Å²) in [6.07, 6.45) is 7.24. The third kappa shape index (κ3) is 2.27. The van der Waals surface area contributed by atoms with Gasteiger partial charge in [-0.2, -0.15) is 0 Å². The van der Waals surface area contributed by atoms with Crippen LogP contribution >= 0.6 is 0 Å². The summed E-state index contributed by atoms with van der Waals surface area (Å²) in [6, 6.07) is 9.22. The number of allylic oxidation sites excluding steroid dienone is 2. The lowest BCUT2D eigenvalue weighted by Crippen LogP contribution is -2.26. The number of carbonyl (C=O) groups excluding carboxylic acids is 2. The van der Waals surface area contributed by atoms with Crippen LogP contribution in [0.1, 0.15) is 42.5 Å². The minimum absolute atomic E-state index is 0.00347. The van der Waals surface area contributed by atoms with Crippen molar-refractivity contribution >= 4 is 11.6 Å². The maximum atomic E-state index is 12.6. The van der Waals surface area contributed by atoms with Crippen LogP contribution in [0, 0.1) is 11.8 Å². The fraction of sp³-hybridized carbons (Fsp3) is 0.412. The summed E-state index contributed by atoms with van der Waals surface area (Å²) in [5, 5.41) is 0. The van der Waals surface area contributed by atoms with Crippen molar-refractivity contribution in [2.75, 3.05) is 0 Å². The molecule has 1 aromatic rings. The molecule has 0 saturated heterocycles. The highest BCUT2D eigenvalue weighted by Gasteiger charge is 2.40. The van der Waals surface area contributed by atoms with Gasteiger partial charge in [0, 0.05) is 5.56 Å². The SMILES string of the molecule is O=C1C=C2CCCCC[C@@H]2[C@@H]1C(=O)c1ccccc1. The van der Waals surface area contributed by atoms with Gasteiger partial charge in [-0.05, 0) is 31.3 Å². The van der Waals surface area contributed by atoms with Gasteiger partial charge in [-0.1, -0.05) is 48.7 Å². The summed E-state index contributed by atoms with van der Waals surface area (Å²) in [4.78, 5) is 24.7. The zero-order chi connectivity index (χ0) is 13.2. The van der Waals surface area contributed by atoms with E-state index in [9.17, 15) is 9.59 Å². The molecular weight excluding hydrogens is 236 g/mol. The highest BCUT2D eigenvalue weighted by molar-refractivity contribution is 6.16. The van der Waals surface area contributed by atoms with E-state index in [2.05, 4.69) is 0 Å². The Morgan fingerprint density at radius 2 is 1.84 bits per heavy atom. The zero-order valence-corrected chi connectivity index (χ0v) is 11.0. The van der Waals surface area contributed by atoms with Crippen molar-refractivity contribution in [1.82, 2.24) is 0 Å². The first-order valence-corrected chi connectivity index (χ1v) is 7.11. The second kappa shape index (κ2) is 5.12. The summed E-state index contributed by atoms with van der Waals surface area (Å²) in [6.45, 7) is 0. The van der Waals surface area contributed by atoms with Gasteiger partial charge in [0.25, 0.3) is 0 Å². The summed E-state index contributed by atoms with van der Waals surface area (Å²) in [5.74, 6) is -0.252. The van der Waals surface area contributed by atoms with Crippen molar-refractivity contribution in [3.05, 3.63) is 47.5 Å². The third-order valence-electron chi connectivity index (χ3n) is 4.33. The topological polar surface area (TPSA) is 34.1 Å². The molecule has 0 bridgehead atoms. The van der Waals surface area contributed by atoms with Crippen molar-refractivity contribution in [3.63, 3.8) is 0 Å². The number of fused-ring (bicyclic) bond motifs is 1. The zero-order valence-electron chi connectivity index (χ0n) is 11.0. The predicted octanol–water partition coefficient (Wildman–Crippen LogP) is 3.57. The molecule has 1 saturated carbocycles. The normalized spacial score (nSPS) is 26.5. The monoisotopic (exact) mass is 254 g/mol. The molecule has 0 aromatic heterocycles. The van der Waals surface area contributed by atoms with Crippen molar-refractivity contribution in [2.24, 2.45) is 11.8 Å². The molecule has 2 aliphatic carbocycles. The van der Waals surface area contributed by atoms with Crippen LogP contribution < -0.4 is 0 Å². The second-order valence-corrected chi connectivity index (χ2v) is 5.54. The van der Waals surface area contributed by atoms with Gasteiger partial charge in [0.2, 0.25) is 0 Å². The van der Waals surface area contributed by atoms with Crippen LogP contribution in [-0.4, -0.2) is 11.6 Å². The van der Waals surface area contributed by atoms with E-state index in [1.165, 1.54) is 12.0 Å². The van der Waals surface area contributed by atoms with Gasteiger partial charge in [-0.25, -0.2) is 0 Å². The van der Waals surface area contributed by atoms with Gasteiger partial charge in [0.05, 0.1) is 5.92 Å². The van der Waals surface area contributed by atoms with E-state index in [-0.39, 0.29) is 17.5 Å². The van der Waals surface area contributed by atoms with Crippen molar-refractivity contribution < 1.29 is 9.59 Å². The van der Waals surface area contributed by atoms with Crippen LogP contribution in [0.4, 0.5) is 0 Å². The molecule has 2 heteroatoms. The molecule has 0 radical (unpaired) electrons. The Labute approximate surface area is 113 Å². The number of ketones is 2. The smallest absolute Gasteiger partial charge is 0.174 e. The molecule has 19 heavy (non-hydrogen) atoms. The van der Waals surface area contributed by atoms with Crippen LogP contribution in [0.3, 0.4) is 0 Å². The van der Waals surface area contributed by atoms with E-state index in [4.69, 9.17) is 0 Å². The maximum absolute atomic E-state index is 12.6. The summed E-state index contributed by atoms with van der Waals surface area (Å²) < 4.78 is 0. The van der Waals surface area contributed by atoms with Gasteiger partial charge >= 0.3 is 0 Å². The quantitative estimate of drug-likeness (QED) is 0.597. The van der Waals surface area contributed by atoms with Gasteiger partial charge in [-0.15, -0.1) is 0 Å². The van der Waals surface area contributed by atoms with E-state index in [1.54, 1.807) is 6.08 Å². The Balaban J connectivity index is 1.89. The standard InChI is InChI=1S/C17H18O2/c18-15-11-13-9-5-2-6-10-14(13)16(15)17(19)12-7-3-1-4-8-12/h1,3-4,7-8,11,14,16H,2,5-6,9-10H2/t14-,16-/m0/s1. The molecule has 2 atom stereocenters. The van der Waals surface area contributed by atoms with Crippen LogP contribution in [0.25, 0.3) is 0 Å². The molecule has 0 aliphatic heterocycles. The number of hydrogen-bond acceptors (Lipinski definition) is 2. The van der Waals surface area contributed by atoms with Crippen LogP contribution in [-0.2, 0) is 4.79 Å². The van der Waals surface area contributed by atoms with Crippen LogP contribution in [0.15, 0.2) is 42.0 Å². The highest BCUT2D eigenvalue weighted by Crippen LogP contribution is 2.40. The molecule has 1 aromatic carbocycles. The Morgan fingerprint density at radius 3 is 2.63 bits per heavy atom. The molecule has 2 nitrogen and oxygen atoms in total.